The Morgan fingerprint density at radius 3 is 2.73 bits per heavy atom. The van der Waals surface area contributed by atoms with Gasteiger partial charge in [0.25, 0.3) is 0 Å². The molecule has 7 heteroatoms. The van der Waals surface area contributed by atoms with Crippen molar-refractivity contribution in [2.75, 3.05) is 11.9 Å². The number of amides is 2. The van der Waals surface area contributed by atoms with Crippen LogP contribution < -0.4 is 5.32 Å². The highest BCUT2D eigenvalue weighted by Gasteiger charge is 2.26. The third-order valence-electron chi connectivity index (χ3n) is 5.49. The number of carbonyl (C=O) groups excluding carboxylic acids is 2. The van der Waals surface area contributed by atoms with Crippen molar-refractivity contribution in [1.82, 2.24) is 14.5 Å². The van der Waals surface area contributed by atoms with Crippen LogP contribution in [0.3, 0.4) is 0 Å². The number of aryl methyl sites for hydroxylation is 2. The van der Waals surface area contributed by atoms with Crippen molar-refractivity contribution >= 4 is 28.2 Å². The van der Waals surface area contributed by atoms with Crippen molar-refractivity contribution in [3.63, 3.8) is 0 Å². The normalized spacial score (nSPS) is 13.2. The van der Waals surface area contributed by atoms with Crippen LogP contribution in [-0.4, -0.2) is 32.8 Å². The molecule has 3 heterocycles. The van der Waals surface area contributed by atoms with Crippen LogP contribution in [0.4, 0.5) is 5.00 Å². The van der Waals surface area contributed by atoms with Crippen LogP contribution >= 0.6 is 11.3 Å². The van der Waals surface area contributed by atoms with E-state index in [9.17, 15) is 9.59 Å². The van der Waals surface area contributed by atoms with Gasteiger partial charge in [-0.15, -0.1) is 11.3 Å². The Balaban J connectivity index is 1.37. The number of carbonyl (C=O) groups is 2. The van der Waals surface area contributed by atoms with Gasteiger partial charge in [-0.1, -0.05) is 30.3 Å². The molecule has 6 nitrogen and oxygen atoms in total. The molecule has 0 radical (unpaired) electrons. The van der Waals surface area contributed by atoms with E-state index in [-0.39, 0.29) is 11.8 Å². The molecule has 0 spiro atoms. The number of nitrogens with one attached hydrogen (secondary N) is 1. The van der Waals surface area contributed by atoms with Crippen LogP contribution in [0.25, 0.3) is 0 Å². The lowest BCUT2D eigenvalue weighted by Gasteiger charge is -2.27. The molecule has 0 unspecified atom stereocenters. The summed E-state index contributed by atoms with van der Waals surface area (Å²) in [6, 6.07) is 10.0. The number of nitrogens with zero attached hydrogens (tertiary/aromatic N) is 3. The highest BCUT2D eigenvalue weighted by atomic mass is 32.1. The molecule has 2 aromatic heterocycles. The van der Waals surface area contributed by atoms with Gasteiger partial charge in [-0.3, -0.25) is 9.59 Å². The van der Waals surface area contributed by atoms with E-state index < -0.39 is 0 Å². The zero-order valence-corrected chi connectivity index (χ0v) is 18.2. The molecule has 1 aliphatic rings. The quantitative estimate of drug-likeness (QED) is 0.658. The number of rotatable bonds is 6. The smallest absolute Gasteiger partial charge is 0.242 e. The Hall–Kier alpha value is -2.93. The van der Waals surface area contributed by atoms with Gasteiger partial charge in [0.2, 0.25) is 11.8 Å². The predicted octanol–water partition coefficient (Wildman–Crippen LogP) is 3.72. The van der Waals surface area contributed by atoms with Gasteiger partial charge in [-0.2, -0.15) is 0 Å². The van der Waals surface area contributed by atoms with Gasteiger partial charge < -0.3 is 14.8 Å². The SMILES string of the molecule is Cc1cn(CC(=O)N2CCc3c(sc(NC(=O)CCc4ccccc4)c3C)C2)cn1. The van der Waals surface area contributed by atoms with E-state index in [1.165, 1.54) is 10.4 Å². The fourth-order valence-corrected chi connectivity index (χ4v) is 5.09. The Labute approximate surface area is 180 Å². The average molecular weight is 423 g/mol. The van der Waals surface area contributed by atoms with Crippen LogP contribution in [0.2, 0.25) is 0 Å². The third kappa shape index (κ3) is 4.62. The van der Waals surface area contributed by atoms with Crippen LogP contribution in [0.15, 0.2) is 42.9 Å². The lowest BCUT2D eigenvalue weighted by molar-refractivity contribution is -0.132. The number of benzene rings is 1. The van der Waals surface area contributed by atoms with Crippen LogP contribution in [0.1, 0.15) is 33.7 Å². The van der Waals surface area contributed by atoms with E-state index in [2.05, 4.69) is 17.2 Å². The molecule has 156 valence electrons. The fraction of sp³-hybridized carbons (Fsp3) is 0.348. The second kappa shape index (κ2) is 8.83. The molecule has 0 bridgehead atoms. The molecular weight excluding hydrogens is 396 g/mol. The Morgan fingerprint density at radius 2 is 2.00 bits per heavy atom. The average Bonchev–Trinajstić information content (AvgIpc) is 3.29. The molecule has 30 heavy (non-hydrogen) atoms. The number of thiophene rings is 1. The number of fused-ring (bicyclic) bond motifs is 1. The maximum absolute atomic E-state index is 12.7. The summed E-state index contributed by atoms with van der Waals surface area (Å²) in [6.45, 7) is 5.60. The maximum Gasteiger partial charge on any atom is 0.242 e. The van der Waals surface area contributed by atoms with Gasteiger partial charge in [0.15, 0.2) is 0 Å². The molecule has 0 aliphatic carbocycles. The lowest BCUT2D eigenvalue weighted by atomic mass is 10.0. The minimum absolute atomic E-state index is 0.0314. The zero-order chi connectivity index (χ0) is 21.1. The van der Waals surface area contributed by atoms with E-state index in [0.717, 1.165) is 34.7 Å². The van der Waals surface area contributed by atoms with Gasteiger partial charge in [-0.05, 0) is 43.4 Å². The molecule has 0 saturated carbocycles. The highest BCUT2D eigenvalue weighted by molar-refractivity contribution is 7.16. The summed E-state index contributed by atoms with van der Waals surface area (Å²) < 4.78 is 1.82. The van der Waals surface area contributed by atoms with E-state index in [0.29, 0.717) is 26.1 Å². The lowest BCUT2D eigenvalue weighted by Crippen LogP contribution is -2.37. The molecule has 2 amide bonds. The second-order valence-electron chi connectivity index (χ2n) is 7.74. The summed E-state index contributed by atoms with van der Waals surface area (Å²) >= 11 is 1.60. The number of hydrogen-bond donors (Lipinski definition) is 1. The zero-order valence-electron chi connectivity index (χ0n) is 17.4. The largest absolute Gasteiger partial charge is 0.336 e. The van der Waals surface area contributed by atoms with Crippen molar-refractivity contribution < 1.29 is 9.59 Å². The summed E-state index contributed by atoms with van der Waals surface area (Å²) in [5.41, 5.74) is 4.49. The second-order valence-corrected chi connectivity index (χ2v) is 8.85. The highest BCUT2D eigenvalue weighted by Crippen LogP contribution is 2.36. The van der Waals surface area contributed by atoms with E-state index in [4.69, 9.17) is 0 Å². The molecule has 0 saturated heterocycles. The Kier molecular flexibility index (Phi) is 5.99. The van der Waals surface area contributed by atoms with E-state index >= 15 is 0 Å². The molecular formula is C23H26N4O2S. The number of hydrogen-bond acceptors (Lipinski definition) is 4. The van der Waals surface area contributed by atoms with Gasteiger partial charge in [0, 0.05) is 24.0 Å². The molecule has 1 N–H and O–H groups in total. The first-order chi connectivity index (χ1) is 14.5. The van der Waals surface area contributed by atoms with Crippen molar-refractivity contribution in [1.29, 1.82) is 0 Å². The first-order valence-corrected chi connectivity index (χ1v) is 11.0. The number of aromatic nitrogens is 2. The Morgan fingerprint density at radius 1 is 1.20 bits per heavy atom. The molecule has 0 fully saturated rings. The molecule has 1 aliphatic heterocycles. The first kappa shape index (κ1) is 20.3. The van der Waals surface area contributed by atoms with Crippen molar-refractivity contribution in [3.8, 4) is 0 Å². The predicted molar refractivity (Wildman–Crippen MR) is 119 cm³/mol. The van der Waals surface area contributed by atoms with Crippen LogP contribution in [-0.2, 0) is 35.5 Å². The minimum atomic E-state index is 0.0314. The van der Waals surface area contributed by atoms with E-state index in [1.54, 1.807) is 17.7 Å². The van der Waals surface area contributed by atoms with Crippen molar-refractivity contribution in [2.24, 2.45) is 0 Å². The van der Waals surface area contributed by atoms with E-state index in [1.807, 2.05) is 52.9 Å². The fourth-order valence-electron chi connectivity index (χ4n) is 3.80. The van der Waals surface area contributed by atoms with Gasteiger partial charge >= 0.3 is 0 Å². The standard InChI is InChI=1S/C23H26N4O2S/c1-16-12-26(15-24-16)14-22(29)27-11-10-19-17(2)23(30-20(19)13-27)25-21(28)9-8-18-6-4-3-5-7-18/h3-7,12,15H,8-11,13-14H2,1-2H3,(H,25,28). The first-order valence-electron chi connectivity index (χ1n) is 10.2. The van der Waals surface area contributed by atoms with Crippen molar-refractivity contribution in [2.45, 2.75) is 46.2 Å². The minimum Gasteiger partial charge on any atom is -0.336 e. The summed E-state index contributed by atoms with van der Waals surface area (Å²) in [6.07, 6.45) is 5.59. The van der Waals surface area contributed by atoms with Crippen LogP contribution in [0, 0.1) is 13.8 Å². The summed E-state index contributed by atoms with van der Waals surface area (Å²) in [7, 11) is 0. The summed E-state index contributed by atoms with van der Waals surface area (Å²) in [5.74, 6) is 0.126. The van der Waals surface area contributed by atoms with Crippen LogP contribution in [0.5, 0.6) is 0 Å². The van der Waals surface area contributed by atoms with Crippen molar-refractivity contribution in [3.05, 3.63) is 70.1 Å². The number of imidazole rings is 1. The topological polar surface area (TPSA) is 67.2 Å². The third-order valence-corrected chi connectivity index (χ3v) is 6.72. The van der Waals surface area contributed by atoms with Gasteiger partial charge in [0.1, 0.15) is 6.54 Å². The summed E-state index contributed by atoms with van der Waals surface area (Å²) in [4.78, 5) is 32.4. The maximum atomic E-state index is 12.7. The molecule has 0 atom stereocenters. The van der Waals surface area contributed by atoms with Gasteiger partial charge in [0.05, 0.1) is 23.6 Å². The molecule has 1 aromatic carbocycles. The monoisotopic (exact) mass is 422 g/mol. The number of anilines is 1. The summed E-state index contributed by atoms with van der Waals surface area (Å²) in [5, 5.41) is 4.00. The Bertz CT molecular complexity index is 1050. The van der Waals surface area contributed by atoms with Gasteiger partial charge in [-0.25, -0.2) is 4.98 Å². The molecule has 4 rings (SSSR count). The molecule has 3 aromatic rings.